The fourth-order valence-electron chi connectivity index (χ4n) is 2.90. The van der Waals surface area contributed by atoms with Gasteiger partial charge in [-0.05, 0) is 37.3 Å². The van der Waals surface area contributed by atoms with E-state index in [-0.39, 0.29) is 16.5 Å². The number of amides is 1. The van der Waals surface area contributed by atoms with E-state index in [9.17, 15) is 9.28 Å². The quantitative estimate of drug-likeness (QED) is 0.521. The molecule has 0 fully saturated rings. The summed E-state index contributed by atoms with van der Waals surface area (Å²) in [5, 5.41) is 5.78. The zero-order valence-corrected chi connectivity index (χ0v) is 14.0. The number of carbonyl (C=O) groups is 1. The number of hydrogen-bond donors (Lipinski definition) is 0. The molecule has 0 aliphatic heterocycles. The van der Waals surface area contributed by atoms with Gasteiger partial charge >= 0.3 is 5.91 Å². The number of carbonyl (C=O) groups excluding carboxylic acids is 1. The largest absolute Gasteiger partial charge is 0.306 e. The van der Waals surface area contributed by atoms with Gasteiger partial charge in [0.2, 0.25) is 0 Å². The van der Waals surface area contributed by atoms with Gasteiger partial charge in [0.25, 0.3) is 0 Å². The molecule has 0 atom stereocenters. The highest BCUT2D eigenvalue weighted by molar-refractivity contribution is 6.08. The Labute approximate surface area is 149 Å². The topological polar surface area (TPSA) is 51.0 Å². The number of para-hydroxylation sites is 1. The first kappa shape index (κ1) is 16.0. The highest BCUT2D eigenvalue weighted by Crippen LogP contribution is 2.27. The average Bonchev–Trinajstić information content (AvgIpc) is 3.08. The third-order valence-electron chi connectivity index (χ3n) is 4.15. The molecule has 2 aromatic carbocycles. The maximum absolute atomic E-state index is 14.9. The van der Waals surface area contributed by atoms with E-state index in [1.807, 2.05) is 43.3 Å². The third kappa shape index (κ3) is 2.71. The maximum Gasteiger partial charge on any atom is 0.306 e. The molecule has 2 aromatic heterocycles. The number of nitrogens with zero attached hydrogens (tertiary/aromatic N) is 4. The smallest absolute Gasteiger partial charge is 0.264 e. The van der Waals surface area contributed by atoms with Gasteiger partial charge in [0.05, 0.1) is 11.4 Å². The molecule has 0 saturated heterocycles. The highest BCUT2D eigenvalue weighted by Gasteiger charge is 2.23. The van der Waals surface area contributed by atoms with Gasteiger partial charge in [-0.25, -0.2) is 4.68 Å². The lowest BCUT2D eigenvalue weighted by Gasteiger charge is -2.13. The zero-order chi connectivity index (χ0) is 18.1. The van der Waals surface area contributed by atoms with Crippen molar-refractivity contribution in [3.8, 4) is 5.69 Å². The third-order valence-corrected chi connectivity index (χ3v) is 4.15. The van der Waals surface area contributed by atoms with Crippen LogP contribution in [0.1, 0.15) is 16.2 Å². The van der Waals surface area contributed by atoms with E-state index in [1.165, 1.54) is 0 Å². The molecular formula is C20H15FN4O. The molecule has 0 saturated carbocycles. The predicted octanol–water partition coefficient (Wildman–Crippen LogP) is 4.26. The number of benzene rings is 2. The van der Waals surface area contributed by atoms with Crippen LogP contribution in [0.2, 0.25) is 0 Å². The van der Waals surface area contributed by atoms with Crippen molar-refractivity contribution in [3.63, 3.8) is 0 Å². The molecule has 0 N–H and O–H groups in total. The van der Waals surface area contributed by atoms with E-state index in [1.54, 1.807) is 41.3 Å². The molecule has 0 aliphatic rings. The van der Waals surface area contributed by atoms with Gasteiger partial charge in [-0.2, -0.15) is 5.10 Å². The monoisotopic (exact) mass is 346 g/mol. The number of hydrogen-bond acceptors (Lipinski definition) is 3. The van der Waals surface area contributed by atoms with E-state index in [4.69, 9.17) is 0 Å². The van der Waals surface area contributed by atoms with Crippen molar-refractivity contribution < 1.29 is 9.28 Å². The Morgan fingerprint density at radius 3 is 2.69 bits per heavy atom. The van der Waals surface area contributed by atoms with Gasteiger partial charge in [0.1, 0.15) is 0 Å². The minimum Gasteiger partial charge on any atom is -0.264 e. The second kappa shape index (κ2) is 6.40. The van der Waals surface area contributed by atoms with Crippen molar-refractivity contribution in [1.29, 1.82) is 0 Å². The maximum atomic E-state index is 14.9. The minimum atomic E-state index is -0.813. The van der Waals surface area contributed by atoms with Crippen LogP contribution in [0.4, 0.5) is 10.2 Å². The molecule has 0 spiro atoms. The van der Waals surface area contributed by atoms with Crippen LogP contribution in [0.25, 0.3) is 16.5 Å². The molecule has 4 aromatic rings. The fourth-order valence-corrected chi connectivity index (χ4v) is 2.90. The van der Waals surface area contributed by atoms with Gasteiger partial charge < -0.3 is 0 Å². The molecule has 0 radical (unpaired) electrons. The molecule has 2 heterocycles. The van der Waals surface area contributed by atoms with Crippen LogP contribution in [0, 0.1) is 6.92 Å². The van der Waals surface area contributed by atoms with Gasteiger partial charge in [0, 0.05) is 28.9 Å². The van der Waals surface area contributed by atoms with Crippen LogP contribution in [-0.4, -0.2) is 20.7 Å². The van der Waals surface area contributed by atoms with Crippen molar-refractivity contribution >= 4 is 22.4 Å². The summed E-state index contributed by atoms with van der Waals surface area (Å²) in [6.45, 7) is 1.82. The summed E-state index contributed by atoms with van der Waals surface area (Å²) in [7, 11) is 0. The first-order valence-electron chi connectivity index (χ1n) is 8.10. The summed E-state index contributed by atoms with van der Waals surface area (Å²) in [6.07, 6.45) is 3.20. The SMILES string of the molecule is Cc1cc(C(=O)N(F)c2cccc3cnccc23)nn1-c1ccccc1. The van der Waals surface area contributed by atoms with E-state index in [0.29, 0.717) is 5.39 Å². The molecule has 0 aliphatic carbocycles. The molecular weight excluding hydrogens is 331 g/mol. The molecule has 5 nitrogen and oxygen atoms in total. The first-order valence-corrected chi connectivity index (χ1v) is 8.10. The lowest BCUT2D eigenvalue weighted by atomic mass is 10.1. The number of rotatable bonds is 3. The lowest BCUT2D eigenvalue weighted by Crippen LogP contribution is -2.23. The Kier molecular flexibility index (Phi) is 3.93. The minimum absolute atomic E-state index is 0.0416. The van der Waals surface area contributed by atoms with E-state index in [2.05, 4.69) is 10.1 Å². The Bertz CT molecular complexity index is 1090. The second-order valence-corrected chi connectivity index (χ2v) is 5.88. The molecule has 26 heavy (non-hydrogen) atoms. The van der Waals surface area contributed by atoms with Crippen molar-refractivity contribution in [2.75, 3.05) is 5.12 Å². The summed E-state index contributed by atoms with van der Waals surface area (Å²) in [5.74, 6) is -0.813. The fraction of sp³-hybridized carbons (Fsp3) is 0.0500. The summed E-state index contributed by atoms with van der Waals surface area (Å²) in [4.78, 5) is 16.7. The van der Waals surface area contributed by atoms with E-state index < -0.39 is 5.91 Å². The Balaban J connectivity index is 1.72. The van der Waals surface area contributed by atoms with Crippen molar-refractivity contribution in [2.45, 2.75) is 6.92 Å². The molecule has 1 amide bonds. The number of halogens is 1. The van der Waals surface area contributed by atoms with Crippen LogP contribution in [0.5, 0.6) is 0 Å². The van der Waals surface area contributed by atoms with E-state index in [0.717, 1.165) is 16.8 Å². The summed E-state index contributed by atoms with van der Waals surface area (Å²) in [5.41, 5.74) is 1.77. The van der Waals surface area contributed by atoms with Gasteiger partial charge in [-0.15, -0.1) is 5.12 Å². The summed E-state index contributed by atoms with van der Waals surface area (Å²) in [6, 6.07) is 17.7. The van der Waals surface area contributed by atoms with Crippen molar-refractivity contribution in [2.24, 2.45) is 0 Å². The number of aryl methyl sites for hydroxylation is 1. The van der Waals surface area contributed by atoms with E-state index >= 15 is 0 Å². The van der Waals surface area contributed by atoms with Crippen LogP contribution >= 0.6 is 0 Å². The van der Waals surface area contributed by atoms with Crippen LogP contribution in [-0.2, 0) is 0 Å². The van der Waals surface area contributed by atoms with Gasteiger partial charge in [0.15, 0.2) is 5.69 Å². The number of pyridine rings is 1. The zero-order valence-electron chi connectivity index (χ0n) is 14.0. The summed E-state index contributed by atoms with van der Waals surface area (Å²) >= 11 is 0. The van der Waals surface area contributed by atoms with Gasteiger partial charge in [-0.3, -0.25) is 9.78 Å². The molecule has 128 valence electrons. The molecule has 4 rings (SSSR count). The number of aromatic nitrogens is 3. The summed E-state index contributed by atoms with van der Waals surface area (Å²) < 4.78 is 16.5. The molecule has 6 heteroatoms. The van der Waals surface area contributed by atoms with Gasteiger partial charge in [-0.1, -0.05) is 34.8 Å². The highest BCUT2D eigenvalue weighted by atomic mass is 19.2. The Morgan fingerprint density at radius 1 is 1.08 bits per heavy atom. The normalized spacial score (nSPS) is 10.8. The Hall–Kier alpha value is -3.54. The predicted molar refractivity (Wildman–Crippen MR) is 98.0 cm³/mol. The average molecular weight is 346 g/mol. The lowest BCUT2D eigenvalue weighted by molar-refractivity contribution is 0.0926. The Morgan fingerprint density at radius 2 is 1.88 bits per heavy atom. The van der Waals surface area contributed by atoms with Crippen LogP contribution in [0.3, 0.4) is 0 Å². The molecule has 0 bridgehead atoms. The number of fused-ring (bicyclic) bond motifs is 1. The second-order valence-electron chi connectivity index (χ2n) is 5.88. The molecule has 0 unspecified atom stereocenters. The standard InChI is InChI=1S/C20H15FN4O/c1-14-12-18(23-25(14)16-7-3-2-4-8-16)20(26)24(21)19-9-5-6-15-13-22-11-10-17(15)19/h2-13H,1H3. The van der Waals surface area contributed by atoms with Crippen LogP contribution < -0.4 is 5.12 Å². The van der Waals surface area contributed by atoms with Crippen molar-refractivity contribution in [3.05, 3.63) is 84.4 Å². The first-order chi connectivity index (χ1) is 12.6. The van der Waals surface area contributed by atoms with Crippen molar-refractivity contribution in [1.82, 2.24) is 14.8 Å². The number of anilines is 1. The van der Waals surface area contributed by atoms with Crippen LogP contribution in [0.15, 0.2) is 73.1 Å².